The van der Waals surface area contributed by atoms with Crippen molar-refractivity contribution >= 4 is 15.9 Å². The van der Waals surface area contributed by atoms with Gasteiger partial charge in [0.25, 0.3) is 5.91 Å². The minimum atomic E-state index is -3.81. The van der Waals surface area contributed by atoms with Crippen molar-refractivity contribution in [2.24, 2.45) is 0 Å². The second kappa shape index (κ2) is 8.15. The van der Waals surface area contributed by atoms with E-state index in [4.69, 9.17) is 4.42 Å². The van der Waals surface area contributed by atoms with E-state index >= 15 is 0 Å². The van der Waals surface area contributed by atoms with Crippen LogP contribution in [-0.4, -0.2) is 30.7 Å². The SMILES string of the molecule is CNC(=O)c1ccc(S(=O)(=O)N(Cc2cccnc2)Cc2ccco2)cc1. The van der Waals surface area contributed by atoms with Gasteiger partial charge < -0.3 is 9.73 Å². The lowest BCUT2D eigenvalue weighted by molar-refractivity contribution is 0.0963. The summed E-state index contributed by atoms with van der Waals surface area (Å²) in [6.45, 7) is 0.232. The first-order chi connectivity index (χ1) is 13.0. The zero-order chi connectivity index (χ0) is 19.3. The molecule has 1 N–H and O–H groups in total. The molecule has 0 unspecified atom stereocenters. The number of nitrogens with zero attached hydrogens (tertiary/aromatic N) is 2. The van der Waals surface area contributed by atoms with E-state index < -0.39 is 10.0 Å². The van der Waals surface area contributed by atoms with Gasteiger partial charge in [0.1, 0.15) is 5.76 Å². The maximum absolute atomic E-state index is 13.2. The standard InChI is InChI=1S/C19H19N3O4S/c1-20-19(23)16-6-8-18(9-7-16)27(24,25)22(14-17-5-3-11-26-17)13-15-4-2-10-21-12-15/h2-12H,13-14H2,1H3,(H,20,23). The monoisotopic (exact) mass is 385 g/mol. The van der Waals surface area contributed by atoms with Crippen molar-refractivity contribution in [2.45, 2.75) is 18.0 Å². The number of benzene rings is 1. The summed E-state index contributed by atoms with van der Waals surface area (Å²) in [7, 11) is -2.29. The van der Waals surface area contributed by atoms with Crippen molar-refractivity contribution in [3.8, 4) is 0 Å². The highest BCUT2D eigenvalue weighted by molar-refractivity contribution is 7.89. The maximum atomic E-state index is 13.2. The molecule has 0 saturated carbocycles. The number of carbonyl (C=O) groups excluding carboxylic acids is 1. The zero-order valence-corrected chi connectivity index (χ0v) is 15.5. The molecular weight excluding hydrogens is 366 g/mol. The highest BCUT2D eigenvalue weighted by Crippen LogP contribution is 2.21. The van der Waals surface area contributed by atoms with Gasteiger partial charge >= 0.3 is 0 Å². The van der Waals surface area contributed by atoms with E-state index in [1.54, 1.807) is 30.6 Å². The van der Waals surface area contributed by atoms with E-state index in [0.717, 1.165) is 5.56 Å². The summed E-state index contributed by atoms with van der Waals surface area (Å²) < 4.78 is 33.0. The molecule has 8 heteroatoms. The number of carbonyl (C=O) groups is 1. The third-order valence-corrected chi connectivity index (χ3v) is 5.78. The third-order valence-electron chi connectivity index (χ3n) is 3.98. The molecule has 7 nitrogen and oxygen atoms in total. The minimum Gasteiger partial charge on any atom is -0.468 e. The van der Waals surface area contributed by atoms with E-state index in [9.17, 15) is 13.2 Å². The molecular formula is C19H19N3O4S. The van der Waals surface area contributed by atoms with E-state index in [-0.39, 0.29) is 23.9 Å². The summed E-state index contributed by atoms with van der Waals surface area (Å²) >= 11 is 0. The van der Waals surface area contributed by atoms with E-state index in [2.05, 4.69) is 10.3 Å². The van der Waals surface area contributed by atoms with Gasteiger partial charge in [0.2, 0.25) is 10.0 Å². The van der Waals surface area contributed by atoms with Crippen LogP contribution in [0.25, 0.3) is 0 Å². The Hall–Kier alpha value is -2.97. The van der Waals surface area contributed by atoms with E-state index in [0.29, 0.717) is 11.3 Å². The Bertz CT molecular complexity index is 985. The van der Waals surface area contributed by atoms with Crippen LogP contribution in [0.1, 0.15) is 21.7 Å². The fourth-order valence-corrected chi connectivity index (χ4v) is 3.96. The topological polar surface area (TPSA) is 92.5 Å². The van der Waals surface area contributed by atoms with Crippen LogP contribution in [0.15, 0.2) is 76.5 Å². The maximum Gasteiger partial charge on any atom is 0.251 e. The number of pyridine rings is 1. The Kier molecular flexibility index (Phi) is 5.68. The smallest absolute Gasteiger partial charge is 0.251 e. The summed E-state index contributed by atoms with van der Waals surface area (Å²) in [4.78, 5) is 15.8. The summed E-state index contributed by atoms with van der Waals surface area (Å²) in [5.74, 6) is 0.256. The second-order valence-corrected chi connectivity index (χ2v) is 7.76. The molecule has 2 heterocycles. The van der Waals surface area contributed by atoms with E-state index in [1.165, 1.54) is 41.9 Å². The molecule has 0 fully saturated rings. The van der Waals surface area contributed by atoms with Crippen LogP contribution in [0.5, 0.6) is 0 Å². The van der Waals surface area contributed by atoms with Gasteiger partial charge in [0, 0.05) is 31.5 Å². The molecule has 0 bridgehead atoms. The molecule has 0 aliphatic heterocycles. The lowest BCUT2D eigenvalue weighted by Crippen LogP contribution is -2.30. The lowest BCUT2D eigenvalue weighted by atomic mass is 10.2. The molecule has 27 heavy (non-hydrogen) atoms. The molecule has 0 radical (unpaired) electrons. The number of furan rings is 1. The van der Waals surface area contributed by atoms with Crippen LogP contribution in [0.4, 0.5) is 0 Å². The summed E-state index contributed by atoms with van der Waals surface area (Å²) in [6.07, 6.45) is 4.76. The highest BCUT2D eigenvalue weighted by Gasteiger charge is 2.26. The van der Waals surface area contributed by atoms with Gasteiger partial charge in [0.15, 0.2) is 0 Å². The largest absolute Gasteiger partial charge is 0.468 e. The molecule has 3 rings (SSSR count). The van der Waals surface area contributed by atoms with Gasteiger partial charge in [-0.05, 0) is 48.0 Å². The van der Waals surface area contributed by atoms with Gasteiger partial charge in [-0.2, -0.15) is 4.31 Å². The summed E-state index contributed by atoms with van der Waals surface area (Å²) in [6, 6.07) is 12.8. The molecule has 0 aliphatic carbocycles. The number of nitrogens with one attached hydrogen (secondary N) is 1. The summed E-state index contributed by atoms with van der Waals surface area (Å²) in [5.41, 5.74) is 1.15. The van der Waals surface area contributed by atoms with Crippen molar-refractivity contribution in [1.82, 2.24) is 14.6 Å². The van der Waals surface area contributed by atoms with Crippen LogP contribution in [-0.2, 0) is 23.1 Å². The molecule has 0 atom stereocenters. The third kappa shape index (κ3) is 4.42. The number of aromatic nitrogens is 1. The molecule has 2 aromatic heterocycles. The zero-order valence-electron chi connectivity index (χ0n) is 14.7. The summed E-state index contributed by atoms with van der Waals surface area (Å²) in [5, 5.41) is 2.51. The Morgan fingerprint density at radius 1 is 1.11 bits per heavy atom. The van der Waals surface area contributed by atoms with Crippen molar-refractivity contribution in [2.75, 3.05) is 7.05 Å². The first kappa shape index (κ1) is 18.8. The Balaban J connectivity index is 1.92. The van der Waals surface area contributed by atoms with Crippen LogP contribution < -0.4 is 5.32 Å². The van der Waals surface area contributed by atoms with Crippen molar-refractivity contribution in [3.63, 3.8) is 0 Å². The van der Waals surface area contributed by atoms with Gasteiger partial charge in [-0.25, -0.2) is 8.42 Å². The molecule has 3 aromatic rings. The fourth-order valence-electron chi connectivity index (χ4n) is 2.57. The van der Waals surface area contributed by atoms with E-state index in [1.807, 2.05) is 6.07 Å². The predicted molar refractivity (Wildman–Crippen MR) is 99.2 cm³/mol. The number of amides is 1. The second-order valence-electron chi connectivity index (χ2n) is 5.82. The first-order valence-corrected chi connectivity index (χ1v) is 9.68. The lowest BCUT2D eigenvalue weighted by Gasteiger charge is -2.21. The molecule has 0 spiro atoms. The van der Waals surface area contributed by atoms with Crippen molar-refractivity contribution < 1.29 is 17.6 Å². The van der Waals surface area contributed by atoms with Crippen molar-refractivity contribution in [1.29, 1.82) is 0 Å². The average molecular weight is 385 g/mol. The average Bonchev–Trinajstić information content (AvgIpc) is 3.21. The number of hydrogen-bond acceptors (Lipinski definition) is 5. The minimum absolute atomic E-state index is 0.0847. The Labute approximate surface area is 157 Å². The van der Waals surface area contributed by atoms with Gasteiger partial charge in [-0.3, -0.25) is 9.78 Å². The molecule has 1 amide bonds. The van der Waals surface area contributed by atoms with Gasteiger partial charge in [-0.1, -0.05) is 6.07 Å². The van der Waals surface area contributed by atoms with Crippen LogP contribution in [0, 0.1) is 0 Å². The first-order valence-electron chi connectivity index (χ1n) is 8.24. The number of hydrogen-bond donors (Lipinski definition) is 1. The number of rotatable bonds is 7. The van der Waals surface area contributed by atoms with Gasteiger partial charge in [-0.15, -0.1) is 0 Å². The molecule has 0 saturated heterocycles. The van der Waals surface area contributed by atoms with Gasteiger partial charge in [0.05, 0.1) is 17.7 Å². The fraction of sp³-hybridized carbons (Fsp3) is 0.158. The molecule has 1 aromatic carbocycles. The quantitative estimate of drug-likeness (QED) is 0.674. The predicted octanol–water partition coefficient (Wildman–Crippen LogP) is 2.43. The molecule has 0 aliphatic rings. The van der Waals surface area contributed by atoms with Crippen molar-refractivity contribution in [3.05, 3.63) is 84.1 Å². The van der Waals surface area contributed by atoms with Crippen LogP contribution in [0.3, 0.4) is 0 Å². The van der Waals surface area contributed by atoms with Crippen LogP contribution in [0.2, 0.25) is 0 Å². The molecule has 140 valence electrons. The normalized spacial score (nSPS) is 11.5. The Morgan fingerprint density at radius 3 is 2.48 bits per heavy atom. The number of sulfonamides is 1. The highest BCUT2D eigenvalue weighted by atomic mass is 32.2. The Morgan fingerprint density at radius 2 is 1.89 bits per heavy atom. The van der Waals surface area contributed by atoms with Crippen LogP contribution >= 0.6 is 0 Å².